The third kappa shape index (κ3) is 5.91. The molecule has 1 unspecified atom stereocenters. The number of amides is 1. The Morgan fingerprint density at radius 1 is 0.939 bits per heavy atom. The largest absolute Gasteiger partial charge is 0.482 e. The van der Waals surface area contributed by atoms with Crippen LogP contribution in [0.1, 0.15) is 11.7 Å². The Bertz CT molecular complexity index is 1180. The summed E-state index contributed by atoms with van der Waals surface area (Å²) in [6.45, 7) is -0.410. The van der Waals surface area contributed by atoms with Crippen molar-refractivity contribution in [3.8, 4) is 5.75 Å². The van der Waals surface area contributed by atoms with Crippen LogP contribution in [0.3, 0.4) is 0 Å². The number of anilines is 1. The zero-order valence-electron chi connectivity index (χ0n) is 18.4. The molecule has 1 aromatic heterocycles. The number of hydrogen-bond donors (Lipinski definition) is 0. The highest BCUT2D eigenvalue weighted by atomic mass is 32.2. The Labute approximate surface area is 197 Å². The molecule has 1 atom stereocenters. The van der Waals surface area contributed by atoms with Crippen molar-refractivity contribution >= 4 is 38.9 Å². The summed E-state index contributed by atoms with van der Waals surface area (Å²) in [6, 6.07) is 18.2. The minimum atomic E-state index is -3.64. The van der Waals surface area contributed by atoms with Gasteiger partial charge in [-0.25, -0.2) is 13.2 Å². The van der Waals surface area contributed by atoms with E-state index in [4.69, 9.17) is 9.47 Å². The molecular weight excluding hydrogens is 464 g/mol. The summed E-state index contributed by atoms with van der Waals surface area (Å²) in [7, 11) is 0.991. The molecule has 0 aliphatic carbocycles. The standard InChI is InChI=1S/C23H24N2O6S2/c1-24(2)23(27)22(17-8-5-4-6-9-17)31-20(26)16-30-19-13-11-18(12-14-19)25(3)33(28,29)21-10-7-15-32-21/h4-15,22H,16H2,1-3H3. The quantitative estimate of drug-likeness (QED) is 0.429. The van der Waals surface area contributed by atoms with Gasteiger partial charge in [0.05, 0.1) is 5.69 Å². The Hall–Kier alpha value is -3.37. The lowest BCUT2D eigenvalue weighted by Crippen LogP contribution is -2.32. The predicted molar refractivity (Wildman–Crippen MR) is 126 cm³/mol. The number of carbonyl (C=O) groups is 2. The number of benzene rings is 2. The van der Waals surface area contributed by atoms with E-state index >= 15 is 0 Å². The summed E-state index contributed by atoms with van der Waals surface area (Å²) in [4.78, 5) is 26.2. The minimum Gasteiger partial charge on any atom is -0.482 e. The second-order valence-corrected chi connectivity index (χ2v) is 10.3. The van der Waals surface area contributed by atoms with Gasteiger partial charge in [0, 0.05) is 26.7 Å². The Kier molecular flexibility index (Phi) is 7.72. The fourth-order valence-corrected chi connectivity index (χ4v) is 5.22. The van der Waals surface area contributed by atoms with Crippen LogP contribution in [0.2, 0.25) is 0 Å². The minimum absolute atomic E-state index is 0.244. The highest BCUT2D eigenvalue weighted by Crippen LogP contribution is 2.27. The van der Waals surface area contributed by atoms with Crippen molar-refractivity contribution in [3.63, 3.8) is 0 Å². The van der Waals surface area contributed by atoms with E-state index in [1.165, 1.54) is 16.3 Å². The first-order chi connectivity index (χ1) is 15.7. The van der Waals surface area contributed by atoms with Crippen LogP contribution in [-0.4, -0.2) is 52.9 Å². The molecule has 0 N–H and O–H groups in total. The number of nitrogens with zero attached hydrogens (tertiary/aromatic N) is 2. The second kappa shape index (κ2) is 10.5. The van der Waals surface area contributed by atoms with Gasteiger partial charge in [0.1, 0.15) is 9.96 Å². The molecule has 1 heterocycles. The zero-order valence-corrected chi connectivity index (χ0v) is 20.0. The number of esters is 1. The predicted octanol–water partition coefficient (Wildman–Crippen LogP) is 3.32. The van der Waals surface area contributed by atoms with Crippen LogP contribution in [-0.2, 0) is 24.3 Å². The molecule has 3 rings (SSSR count). The summed E-state index contributed by atoms with van der Waals surface area (Å²) in [5, 5.41) is 1.70. The molecular formula is C23H24N2O6S2. The van der Waals surface area contributed by atoms with E-state index in [1.807, 2.05) is 0 Å². The van der Waals surface area contributed by atoms with Crippen LogP contribution < -0.4 is 9.04 Å². The number of rotatable bonds is 9. The summed E-state index contributed by atoms with van der Waals surface area (Å²) in [5.41, 5.74) is 1.00. The maximum absolute atomic E-state index is 12.6. The van der Waals surface area contributed by atoms with E-state index in [0.717, 1.165) is 11.3 Å². The number of hydrogen-bond acceptors (Lipinski definition) is 7. The molecule has 1 amide bonds. The van der Waals surface area contributed by atoms with Crippen molar-refractivity contribution in [2.24, 2.45) is 0 Å². The van der Waals surface area contributed by atoms with Gasteiger partial charge in [-0.05, 0) is 35.7 Å². The average molecular weight is 489 g/mol. The van der Waals surface area contributed by atoms with Crippen LogP contribution >= 0.6 is 11.3 Å². The van der Waals surface area contributed by atoms with Crippen molar-refractivity contribution in [1.29, 1.82) is 0 Å². The van der Waals surface area contributed by atoms with Crippen molar-refractivity contribution in [3.05, 3.63) is 77.7 Å². The van der Waals surface area contributed by atoms with Crippen molar-refractivity contribution in [2.45, 2.75) is 10.3 Å². The Morgan fingerprint density at radius 2 is 1.61 bits per heavy atom. The smallest absolute Gasteiger partial charge is 0.345 e. The van der Waals surface area contributed by atoms with Crippen molar-refractivity contribution in [1.82, 2.24) is 4.90 Å². The zero-order chi connectivity index (χ0) is 24.0. The molecule has 174 valence electrons. The summed E-state index contributed by atoms with van der Waals surface area (Å²) in [5.74, 6) is -0.720. The normalized spacial score (nSPS) is 12.0. The van der Waals surface area contributed by atoms with Crippen LogP contribution in [0.25, 0.3) is 0 Å². The van der Waals surface area contributed by atoms with E-state index in [9.17, 15) is 18.0 Å². The van der Waals surface area contributed by atoms with Gasteiger partial charge in [-0.15, -0.1) is 11.3 Å². The first kappa shape index (κ1) is 24.3. The van der Waals surface area contributed by atoms with Crippen molar-refractivity contribution in [2.75, 3.05) is 32.1 Å². The highest BCUT2D eigenvalue weighted by Gasteiger charge is 2.27. The van der Waals surface area contributed by atoms with Gasteiger partial charge < -0.3 is 14.4 Å². The van der Waals surface area contributed by atoms with Gasteiger partial charge in [-0.3, -0.25) is 9.10 Å². The van der Waals surface area contributed by atoms with Crippen molar-refractivity contribution < 1.29 is 27.5 Å². The molecule has 0 fully saturated rings. The fourth-order valence-electron chi connectivity index (χ4n) is 2.87. The van der Waals surface area contributed by atoms with Gasteiger partial charge in [0.2, 0.25) is 6.10 Å². The molecule has 8 nitrogen and oxygen atoms in total. The van der Waals surface area contributed by atoms with E-state index in [-0.39, 0.29) is 10.1 Å². The Morgan fingerprint density at radius 3 is 2.18 bits per heavy atom. The number of thiophene rings is 1. The van der Waals surface area contributed by atoms with Gasteiger partial charge in [-0.2, -0.15) is 0 Å². The maximum atomic E-state index is 12.6. The summed E-state index contributed by atoms with van der Waals surface area (Å²) in [6.07, 6.45) is -1.07. The topological polar surface area (TPSA) is 93.2 Å². The van der Waals surface area contributed by atoms with E-state index in [2.05, 4.69) is 0 Å². The molecule has 0 aliphatic heterocycles. The van der Waals surface area contributed by atoms with E-state index < -0.39 is 28.7 Å². The fraction of sp³-hybridized carbons (Fsp3) is 0.217. The molecule has 0 spiro atoms. The monoisotopic (exact) mass is 488 g/mol. The molecule has 2 aromatic carbocycles. The van der Waals surface area contributed by atoms with Gasteiger partial charge in [0.15, 0.2) is 6.61 Å². The third-order valence-electron chi connectivity index (χ3n) is 4.68. The maximum Gasteiger partial charge on any atom is 0.345 e. The lowest BCUT2D eigenvalue weighted by molar-refractivity contribution is -0.161. The lowest BCUT2D eigenvalue weighted by Gasteiger charge is -2.21. The second-order valence-electron chi connectivity index (χ2n) is 7.20. The summed E-state index contributed by atoms with van der Waals surface area (Å²) >= 11 is 1.14. The molecule has 0 bridgehead atoms. The Balaban J connectivity index is 1.62. The molecule has 10 heteroatoms. The van der Waals surface area contributed by atoms with Crippen LogP contribution in [0.4, 0.5) is 5.69 Å². The lowest BCUT2D eigenvalue weighted by atomic mass is 10.1. The first-order valence-electron chi connectivity index (χ1n) is 9.91. The molecule has 3 aromatic rings. The van der Waals surface area contributed by atoms with Crippen LogP contribution in [0, 0.1) is 0 Å². The highest BCUT2D eigenvalue weighted by molar-refractivity contribution is 7.94. The number of likely N-dealkylation sites (N-methyl/N-ethyl adjacent to an activating group) is 1. The molecule has 0 aliphatic rings. The average Bonchev–Trinajstić information content (AvgIpc) is 3.37. The SMILES string of the molecule is CN(C)C(=O)C(OC(=O)COc1ccc(N(C)S(=O)(=O)c2cccs2)cc1)c1ccccc1. The van der Waals surface area contributed by atoms with Gasteiger partial charge in [0.25, 0.3) is 15.9 Å². The van der Waals surface area contributed by atoms with Gasteiger partial charge in [-0.1, -0.05) is 36.4 Å². The first-order valence-corrected chi connectivity index (χ1v) is 12.2. The molecule has 0 radical (unpaired) electrons. The van der Waals surface area contributed by atoms with Gasteiger partial charge >= 0.3 is 5.97 Å². The van der Waals surface area contributed by atoms with E-state index in [0.29, 0.717) is 17.0 Å². The molecule has 0 saturated carbocycles. The number of ether oxygens (including phenoxy) is 2. The molecule has 33 heavy (non-hydrogen) atoms. The molecule has 0 saturated heterocycles. The van der Waals surface area contributed by atoms with Crippen LogP contribution in [0.5, 0.6) is 5.75 Å². The summed E-state index contributed by atoms with van der Waals surface area (Å²) < 4.78 is 37.5. The van der Waals surface area contributed by atoms with E-state index in [1.54, 1.807) is 86.2 Å². The number of sulfonamides is 1. The third-order valence-corrected chi connectivity index (χ3v) is 7.84. The number of carbonyl (C=O) groups excluding carboxylic acids is 2. The van der Waals surface area contributed by atoms with Crippen LogP contribution in [0.15, 0.2) is 76.3 Å².